The first-order valence-corrected chi connectivity index (χ1v) is 13.2. The van der Waals surface area contributed by atoms with Crippen molar-refractivity contribution in [2.24, 2.45) is 0 Å². The van der Waals surface area contributed by atoms with E-state index in [4.69, 9.17) is 4.74 Å². The van der Waals surface area contributed by atoms with E-state index in [0.29, 0.717) is 5.52 Å². The lowest BCUT2D eigenvalue weighted by atomic mass is 10.1. The molecule has 0 radical (unpaired) electrons. The number of anilines is 1. The molecule has 0 aliphatic carbocycles. The predicted octanol–water partition coefficient (Wildman–Crippen LogP) is 2.82. The second kappa shape index (κ2) is 10.0. The van der Waals surface area contributed by atoms with Crippen molar-refractivity contribution in [3.63, 3.8) is 0 Å². The van der Waals surface area contributed by atoms with Crippen molar-refractivity contribution in [1.82, 2.24) is 19.2 Å². The molecule has 3 aromatic rings. The Bertz CT molecular complexity index is 1550. The lowest BCUT2D eigenvalue weighted by molar-refractivity contribution is 0.343. The highest BCUT2D eigenvalue weighted by molar-refractivity contribution is 7.90. The molecule has 2 saturated heterocycles. The summed E-state index contributed by atoms with van der Waals surface area (Å²) in [5.41, 5.74) is -0.432. The fourth-order valence-corrected chi connectivity index (χ4v) is 5.88. The topological polar surface area (TPSA) is 129 Å². The molecule has 13 heteroatoms. The summed E-state index contributed by atoms with van der Waals surface area (Å²) in [6.45, 7) is 1.27. The summed E-state index contributed by atoms with van der Waals surface area (Å²) in [5.74, 6) is -1.33. The van der Waals surface area contributed by atoms with Gasteiger partial charge in [0.15, 0.2) is 11.6 Å². The van der Waals surface area contributed by atoms with Crippen LogP contribution >= 0.6 is 0 Å². The van der Waals surface area contributed by atoms with Gasteiger partial charge in [-0.3, -0.25) is 14.1 Å². The first kappa shape index (κ1) is 25.1. The second-order valence-electron chi connectivity index (χ2n) is 8.98. The monoisotopic (exact) mass is 530 g/mol. The number of alkyl halides is 1. The van der Waals surface area contributed by atoms with Gasteiger partial charge in [0.25, 0.3) is 5.56 Å². The molecule has 1 aromatic heterocycles. The van der Waals surface area contributed by atoms with Crippen LogP contribution in [0.15, 0.2) is 41.5 Å². The molecule has 2 aliphatic heterocycles. The summed E-state index contributed by atoms with van der Waals surface area (Å²) in [5, 5.41) is 13.2. The Morgan fingerprint density at radius 2 is 1.97 bits per heavy atom. The van der Waals surface area contributed by atoms with Crippen molar-refractivity contribution < 1.29 is 21.9 Å². The predicted molar refractivity (Wildman–Crippen MR) is 132 cm³/mol. The number of fused-ring (bicyclic) bond motifs is 1. The van der Waals surface area contributed by atoms with Crippen LogP contribution in [0.4, 0.5) is 14.5 Å². The number of aromatic nitrogens is 2. The third-order valence-electron chi connectivity index (χ3n) is 6.57. The van der Waals surface area contributed by atoms with Gasteiger partial charge in [-0.15, -0.1) is 0 Å². The number of nitrogens with zero attached hydrogens (tertiary/aromatic N) is 4. The van der Waals surface area contributed by atoms with E-state index in [0.717, 1.165) is 42.4 Å². The Morgan fingerprint density at radius 3 is 2.68 bits per heavy atom. The van der Waals surface area contributed by atoms with Gasteiger partial charge in [0.1, 0.15) is 23.6 Å². The largest absolute Gasteiger partial charge is 0.453 e. The van der Waals surface area contributed by atoms with Crippen molar-refractivity contribution >= 4 is 26.8 Å². The summed E-state index contributed by atoms with van der Waals surface area (Å²) in [6, 6.07) is 8.30. The van der Waals surface area contributed by atoms with Crippen LogP contribution in [0.3, 0.4) is 0 Å². The highest BCUT2D eigenvalue weighted by Gasteiger charge is 2.32. The minimum Gasteiger partial charge on any atom is -0.453 e. The molecule has 0 amide bonds. The molecule has 37 heavy (non-hydrogen) atoms. The smallest absolute Gasteiger partial charge is 0.301 e. The number of piperidine rings is 1. The van der Waals surface area contributed by atoms with Crippen LogP contribution in [0.1, 0.15) is 30.9 Å². The zero-order chi connectivity index (χ0) is 26.2. The van der Waals surface area contributed by atoms with Crippen molar-refractivity contribution in [3.05, 3.63) is 58.4 Å². The highest BCUT2D eigenvalue weighted by Crippen LogP contribution is 2.34. The SMILES string of the molecule is N#Cc1c(NS(=O)(=O)N2CC[C@@H](F)C2)ccc(F)c1Oc1ccc2ncn(C3CCNCC3)c(=O)c2c1. The third-order valence-corrected chi connectivity index (χ3v) is 8.06. The minimum atomic E-state index is -4.17. The van der Waals surface area contributed by atoms with Gasteiger partial charge >= 0.3 is 10.2 Å². The molecule has 0 spiro atoms. The van der Waals surface area contributed by atoms with Gasteiger partial charge in [-0.2, -0.15) is 18.0 Å². The van der Waals surface area contributed by atoms with E-state index in [1.165, 1.54) is 18.5 Å². The Balaban J connectivity index is 1.48. The number of nitriles is 1. The summed E-state index contributed by atoms with van der Waals surface area (Å²) in [7, 11) is -4.17. The molecule has 0 saturated carbocycles. The number of hydrogen-bond donors (Lipinski definition) is 2. The molecule has 2 N–H and O–H groups in total. The number of rotatable bonds is 6. The molecule has 1 atom stereocenters. The maximum absolute atomic E-state index is 14.8. The molecule has 3 heterocycles. The average molecular weight is 531 g/mol. The Morgan fingerprint density at radius 1 is 1.19 bits per heavy atom. The van der Waals surface area contributed by atoms with Gasteiger partial charge in [0.05, 0.1) is 22.9 Å². The molecular weight excluding hydrogens is 506 g/mol. The normalized spacial score (nSPS) is 19.1. The summed E-state index contributed by atoms with van der Waals surface area (Å²) in [6.07, 6.45) is 1.88. The molecule has 0 bridgehead atoms. The van der Waals surface area contributed by atoms with E-state index in [1.54, 1.807) is 16.7 Å². The van der Waals surface area contributed by atoms with Gasteiger partial charge in [-0.25, -0.2) is 13.8 Å². The summed E-state index contributed by atoms with van der Waals surface area (Å²) < 4.78 is 64.1. The second-order valence-corrected chi connectivity index (χ2v) is 10.7. The van der Waals surface area contributed by atoms with Gasteiger partial charge in [0.2, 0.25) is 0 Å². The van der Waals surface area contributed by atoms with Crippen LogP contribution in [0.5, 0.6) is 11.5 Å². The standard InChI is InChI=1S/C24H24F2N6O4S/c25-15-7-10-31(13-15)37(34,35)30-22-4-2-20(26)23(19(22)12-27)36-17-1-3-21-18(11-17)24(33)32(14-29-21)16-5-8-28-9-6-16/h1-4,11,14-16,28,30H,5-10,13H2/t15-/m1/s1. The van der Waals surface area contributed by atoms with Gasteiger partial charge in [-0.05, 0) is 62.7 Å². The van der Waals surface area contributed by atoms with Crippen molar-refractivity contribution in [3.8, 4) is 17.6 Å². The lowest BCUT2D eigenvalue weighted by Crippen LogP contribution is -2.34. The van der Waals surface area contributed by atoms with Crippen LogP contribution in [0.25, 0.3) is 10.9 Å². The van der Waals surface area contributed by atoms with Crippen molar-refractivity contribution in [2.75, 3.05) is 30.9 Å². The molecule has 2 fully saturated rings. The molecule has 0 unspecified atom stereocenters. The molecule has 194 valence electrons. The van der Waals surface area contributed by atoms with E-state index < -0.39 is 33.5 Å². The maximum Gasteiger partial charge on any atom is 0.301 e. The van der Waals surface area contributed by atoms with E-state index in [-0.39, 0.29) is 47.9 Å². The quantitative estimate of drug-likeness (QED) is 0.501. The zero-order valence-corrected chi connectivity index (χ0v) is 20.5. The minimum absolute atomic E-state index is 0.00541. The Kier molecular flexibility index (Phi) is 6.80. The molecule has 5 rings (SSSR count). The molecule has 10 nitrogen and oxygen atoms in total. The van der Waals surface area contributed by atoms with Crippen LogP contribution in [-0.4, -0.2) is 54.6 Å². The zero-order valence-electron chi connectivity index (χ0n) is 19.7. The fourth-order valence-electron chi connectivity index (χ4n) is 4.60. The van der Waals surface area contributed by atoms with Gasteiger partial charge < -0.3 is 10.1 Å². The van der Waals surface area contributed by atoms with E-state index >= 15 is 0 Å². The van der Waals surface area contributed by atoms with E-state index in [2.05, 4.69) is 15.0 Å². The van der Waals surface area contributed by atoms with Crippen LogP contribution in [-0.2, 0) is 10.2 Å². The van der Waals surface area contributed by atoms with Gasteiger partial charge in [0, 0.05) is 19.1 Å². The number of hydrogen-bond acceptors (Lipinski definition) is 7. The van der Waals surface area contributed by atoms with Crippen LogP contribution in [0.2, 0.25) is 0 Å². The van der Waals surface area contributed by atoms with Crippen LogP contribution in [0, 0.1) is 17.1 Å². The molecule has 2 aliphatic rings. The average Bonchev–Trinajstić information content (AvgIpc) is 3.34. The van der Waals surface area contributed by atoms with Crippen molar-refractivity contribution in [2.45, 2.75) is 31.5 Å². The Hall–Kier alpha value is -3.60. The highest BCUT2D eigenvalue weighted by atomic mass is 32.2. The van der Waals surface area contributed by atoms with E-state index in [9.17, 15) is 27.3 Å². The van der Waals surface area contributed by atoms with E-state index in [1.807, 2.05) is 0 Å². The molecular formula is C24H24F2N6O4S. The van der Waals surface area contributed by atoms with Gasteiger partial charge in [-0.1, -0.05) is 0 Å². The number of benzene rings is 2. The number of halogens is 2. The third kappa shape index (κ3) is 5.00. The van der Waals surface area contributed by atoms with Crippen LogP contribution < -0.4 is 20.3 Å². The Labute approximate surface area is 211 Å². The maximum atomic E-state index is 14.8. The summed E-state index contributed by atoms with van der Waals surface area (Å²) >= 11 is 0. The molecule has 2 aromatic carbocycles. The number of ether oxygens (including phenoxy) is 1. The van der Waals surface area contributed by atoms with Crippen molar-refractivity contribution in [1.29, 1.82) is 5.26 Å². The number of nitrogens with one attached hydrogen (secondary N) is 2. The summed E-state index contributed by atoms with van der Waals surface area (Å²) in [4.78, 5) is 17.6. The first-order chi connectivity index (χ1) is 17.8. The lowest BCUT2D eigenvalue weighted by Gasteiger charge is -2.24. The first-order valence-electron chi connectivity index (χ1n) is 11.8. The fraction of sp³-hybridized carbons (Fsp3) is 0.375.